The van der Waals surface area contributed by atoms with Crippen LogP contribution in [0.2, 0.25) is 5.02 Å². The van der Waals surface area contributed by atoms with Crippen LogP contribution in [0.3, 0.4) is 0 Å². The first-order chi connectivity index (χ1) is 8.25. The van der Waals surface area contributed by atoms with Crippen LogP contribution in [-0.4, -0.2) is 6.54 Å². The number of thiophene rings is 1. The molecule has 17 heavy (non-hydrogen) atoms. The monoisotopic (exact) mass is 329 g/mol. The molecule has 4 heteroatoms. The number of benzene rings is 1. The number of halogens is 2. The van der Waals surface area contributed by atoms with Crippen molar-refractivity contribution in [2.75, 3.05) is 6.54 Å². The van der Waals surface area contributed by atoms with Crippen LogP contribution < -0.4 is 5.32 Å². The summed E-state index contributed by atoms with van der Waals surface area (Å²) in [6.07, 6.45) is 1.09. The lowest BCUT2D eigenvalue weighted by Crippen LogP contribution is -2.16. The van der Waals surface area contributed by atoms with Crippen molar-refractivity contribution in [3.05, 3.63) is 55.6 Å². The summed E-state index contributed by atoms with van der Waals surface area (Å²) in [4.78, 5) is 1.42. The van der Waals surface area contributed by atoms with E-state index in [0.717, 1.165) is 29.0 Å². The van der Waals surface area contributed by atoms with E-state index < -0.39 is 0 Å². The molecule has 0 amide bonds. The Balaban J connectivity index is 1.78. The van der Waals surface area contributed by atoms with Crippen molar-refractivity contribution in [3.8, 4) is 0 Å². The fourth-order valence-electron chi connectivity index (χ4n) is 1.55. The third-order valence-electron chi connectivity index (χ3n) is 2.46. The van der Waals surface area contributed by atoms with Crippen LogP contribution in [0.5, 0.6) is 0 Å². The van der Waals surface area contributed by atoms with Crippen molar-refractivity contribution in [3.63, 3.8) is 0 Å². The van der Waals surface area contributed by atoms with Crippen molar-refractivity contribution < 1.29 is 0 Å². The minimum Gasteiger partial charge on any atom is -0.312 e. The fraction of sp³-hybridized carbons (Fsp3) is 0.231. The molecule has 0 saturated carbocycles. The van der Waals surface area contributed by atoms with Crippen molar-refractivity contribution in [1.82, 2.24) is 5.32 Å². The second-order valence-corrected chi connectivity index (χ2v) is 6.06. The maximum Gasteiger partial charge on any atom is 0.0417 e. The first kappa shape index (κ1) is 13.1. The second-order valence-electron chi connectivity index (χ2n) is 3.74. The highest BCUT2D eigenvalue weighted by molar-refractivity contribution is 9.10. The topological polar surface area (TPSA) is 12.0 Å². The Bertz CT molecular complexity index is 470. The van der Waals surface area contributed by atoms with Crippen LogP contribution in [0.1, 0.15) is 10.4 Å². The SMILES string of the molecule is Clc1ccc(CNCCc2cccs2)c(Br)c1. The van der Waals surface area contributed by atoms with Crippen LogP contribution >= 0.6 is 38.9 Å². The molecule has 0 aliphatic heterocycles. The van der Waals surface area contributed by atoms with Crippen molar-refractivity contribution in [2.45, 2.75) is 13.0 Å². The molecule has 1 heterocycles. The summed E-state index contributed by atoms with van der Waals surface area (Å²) in [5.41, 5.74) is 1.24. The normalized spacial score (nSPS) is 10.7. The van der Waals surface area contributed by atoms with Gasteiger partial charge in [0.2, 0.25) is 0 Å². The van der Waals surface area contributed by atoms with E-state index in [-0.39, 0.29) is 0 Å². The number of nitrogens with one attached hydrogen (secondary N) is 1. The molecule has 2 rings (SSSR count). The van der Waals surface area contributed by atoms with Gasteiger partial charge in [-0.2, -0.15) is 0 Å². The average Bonchev–Trinajstić information content (AvgIpc) is 2.79. The summed E-state index contributed by atoms with van der Waals surface area (Å²) in [7, 11) is 0. The number of hydrogen-bond donors (Lipinski definition) is 1. The van der Waals surface area contributed by atoms with Gasteiger partial charge >= 0.3 is 0 Å². The molecule has 1 aromatic heterocycles. The van der Waals surface area contributed by atoms with E-state index in [1.807, 2.05) is 29.5 Å². The third-order valence-corrected chi connectivity index (χ3v) is 4.37. The zero-order valence-electron chi connectivity index (χ0n) is 9.25. The molecule has 0 atom stereocenters. The lowest BCUT2D eigenvalue weighted by Gasteiger charge is -2.06. The first-order valence-electron chi connectivity index (χ1n) is 5.43. The van der Waals surface area contributed by atoms with Crippen molar-refractivity contribution >= 4 is 38.9 Å². The Morgan fingerprint density at radius 3 is 2.88 bits per heavy atom. The minimum atomic E-state index is 0.763. The van der Waals surface area contributed by atoms with Gasteiger partial charge in [0.25, 0.3) is 0 Å². The van der Waals surface area contributed by atoms with Crippen molar-refractivity contribution in [2.24, 2.45) is 0 Å². The molecular weight excluding hydrogens is 318 g/mol. The molecule has 0 bridgehead atoms. The summed E-state index contributed by atoms with van der Waals surface area (Å²) in [5.74, 6) is 0. The minimum absolute atomic E-state index is 0.763. The molecule has 1 N–H and O–H groups in total. The highest BCUT2D eigenvalue weighted by Crippen LogP contribution is 2.21. The summed E-state index contributed by atoms with van der Waals surface area (Å²) >= 11 is 11.2. The smallest absolute Gasteiger partial charge is 0.0417 e. The highest BCUT2D eigenvalue weighted by Gasteiger charge is 2.00. The maximum absolute atomic E-state index is 5.90. The standard InChI is InChI=1S/C13H13BrClNS/c14-13-8-11(15)4-3-10(13)9-16-6-5-12-2-1-7-17-12/h1-4,7-8,16H,5-6,9H2. The van der Waals surface area contributed by atoms with E-state index in [9.17, 15) is 0 Å². The van der Waals surface area contributed by atoms with Crippen LogP contribution in [0.15, 0.2) is 40.2 Å². The lowest BCUT2D eigenvalue weighted by atomic mass is 10.2. The van der Waals surface area contributed by atoms with E-state index in [2.05, 4.69) is 38.8 Å². The van der Waals surface area contributed by atoms with Crippen LogP contribution in [-0.2, 0) is 13.0 Å². The van der Waals surface area contributed by atoms with E-state index in [4.69, 9.17) is 11.6 Å². The van der Waals surface area contributed by atoms with Crippen LogP contribution in [0.4, 0.5) is 0 Å². The highest BCUT2D eigenvalue weighted by atomic mass is 79.9. The molecule has 0 aliphatic carbocycles. The predicted molar refractivity (Wildman–Crippen MR) is 78.9 cm³/mol. The Hall–Kier alpha value is -0.350. The molecule has 1 nitrogen and oxygen atoms in total. The summed E-state index contributed by atoms with van der Waals surface area (Å²) in [5, 5.41) is 6.31. The van der Waals surface area contributed by atoms with Crippen molar-refractivity contribution in [1.29, 1.82) is 0 Å². The largest absolute Gasteiger partial charge is 0.312 e. The molecule has 0 fully saturated rings. The molecule has 2 aromatic rings. The molecule has 0 saturated heterocycles. The fourth-order valence-corrected chi connectivity index (χ4v) is 3.09. The van der Waals surface area contributed by atoms with Crippen LogP contribution in [0, 0.1) is 0 Å². The molecule has 0 radical (unpaired) electrons. The predicted octanol–water partition coefficient (Wildman–Crippen LogP) is 4.50. The third kappa shape index (κ3) is 4.11. The number of hydrogen-bond acceptors (Lipinski definition) is 2. The summed E-state index contributed by atoms with van der Waals surface area (Å²) in [6, 6.07) is 10.2. The Labute approximate surface area is 119 Å². The van der Waals surface area contributed by atoms with Gasteiger partial charge < -0.3 is 5.32 Å². The van der Waals surface area contributed by atoms with Gasteiger partial charge in [-0.3, -0.25) is 0 Å². The Kier molecular flexibility index (Phi) is 5.04. The summed E-state index contributed by atoms with van der Waals surface area (Å²) < 4.78 is 1.06. The van der Waals surface area contributed by atoms with Gasteiger partial charge in [-0.25, -0.2) is 0 Å². The average molecular weight is 331 g/mol. The van der Waals surface area contributed by atoms with E-state index in [1.54, 1.807) is 0 Å². The van der Waals surface area contributed by atoms with E-state index in [0.29, 0.717) is 0 Å². The van der Waals surface area contributed by atoms with Gasteiger partial charge in [-0.15, -0.1) is 11.3 Å². The quantitative estimate of drug-likeness (QED) is 0.796. The Morgan fingerprint density at radius 1 is 1.29 bits per heavy atom. The molecule has 90 valence electrons. The maximum atomic E-state index is 5.90. The van der Waals surface area contributed by atoms with E-state index >= 15 is 0 Å². The zero-order chi connectivity index (χ0) is 12.1. The van der Waals surface area contributed by atoms with Gasteiger partial charge in [0.05, 0.1) is 0 Å². The molecule has 1 aromatic carbocycles. The Morgan fingerprint density at radius 2 is 2.18 bits per heavy atom. The molecule has 0 spiro atoms. The lowest BCUT2D eigenvalue weighted by molar-refractivity contribution is 0.689. The first-order valence-corrected chi connectivity index (χ1v) is 7.48. The molecule has 0 unspecified atom stereocenters. The van der Waals surface area contributed by atoms with Gasteiger partial charge in [-0.1, -0.05) is 39.7 Å². The molecular formula is C13H13BrClNS. The summed E-state index contributed by atoms with van der Waals surface area (Å²) in [6.45, 7) is 1.86. The van der Waals surface area contributed by atoms with Gasteiger partial charge in [0.15, 0.2) is 0 Å². The number of rotatable bonds is 5. The van der Waals surface area contributed by atoms with Gasteiger partial charge in [0.1, 0.15) is 0 Å². The van der Waals surface area contributed by atoms with E-state index in [1.165, 1.54) is 10.4 Å². The van der Waals surface area contributed by atoms with Crippen LogP contribution in [0.25, 0.3) is 0 Å². The second kappa shape index (κ2) is 6.55. The van der Waals surface area contributed by atoms with Gasteiger partial charge in [0, 0.05) is 27.5 Å². The molecule has 0 aliphatic rings. The van der Waals surface area contributed by atoms with Gasteiger partial charge in [-0.05, 0) is 35.6 Å². The zero-order valence-corrected chi connectivity index (χ0v) is 12.4.